The summed E-state index contributed by atoms with van der Waals surface area (Å²) in [6, 6.07) is 1.31. The van der Waals surface area contributed by atoms with Crippen LogP contribution in [0.3, 0.4) is 0 Å². The van der Waals surface area contributed by atoms with Crippen LogP contribution in [0.25, 0.3) is 0 Å². The molecule has 1 rings (SSSR count). The summed E-state index contributed by atoms with van der Waals surface area (Å²) in [5.41, 5.74) is -0.205. The summed E-state index contributed by atoms with van der Waals surface area (Å²) in [7, 11) is 3.28. The Labute approximate surface area is 76.2 Å². The van der Waals surface area contributed by atoms with E-state index in [0.29, 0.717) is 11.7 Å². The number of hydrogen-bond acceptors (Lipinski definition) is 4. The molecule has 72 valence electrons. The minimum absolute atomic E-state index is 0.00259. The van der Waals surface area contributed by atoms with Gasteiger partial charge in [0.2, 0.25) is 5.88 Å². The van der Waals surface area contributed by atoms with E-state index >= 15 is 0 Å². The van der Waals surface area contributed by atoms with Gasteiger partial charge in [0.05, 0.1) is 19.2 Å². The van der Waals surface area contributed by atoms with E-state index in [9.17, 15) is 4.79 Å². The molecule has 0 saturated heterocycles. The minimum Gasteiger partial charge on any atom is -0.481 e. The van der Waals surface area contributed by atoms with Gasteiger partial charge < -0.3 is 15.0 Å². The zero-order valence-corrected chi connectivity index (χ0v) is 7.92. The summed E-state index contributed by atoms with van der Waals surface area (Å²) >= 11 is 0. The number of ether oxygens (including phenoxy) is 1. The van der Waals surface area contributed by atoms with Crippen molar-refractivity contribution in [3.63, 3.8) is 0 Å². The standard InChI is InChI=1S/C8H13N3O2/c1-5(9-2)8-10-6(12)4-7(11-8)13-3/h4-5,9H,1-3H3,(H,10,11,12). The third kappa shape index (κ3) is 2.29. The van der Waals surface area contributed by atoms with E-state index in [1.807, 2.05) is 6.92 Å². The average molecular weight is 183 g/mol. The molecule has 0 aliphatic carbocycles. The highest BCUT2D eigenvalue weighted by Gasteiger charge is 2.06. The van der Waals surface area contributed by atoms with E-state index < -0.39 is 0 Å². The fraction of sp³-hybridized carbons (Fsp3) is 0.500. The maximum atomic E-state index is 11.1. The minimum atomic E-state index is -0.205. The van der Waals surface area contributed by atoms with Crippen LogP contribution in [0.1, 0.15) is 18.8 Å². The molecule has 0 saturated carbocycles. The van der Waals surface area contributed by atoms with Crippen molar-refractivity contribution in [2.24, 2.45) is 0 Å². The molecule has 1 atom stereocenters. The Hall–Kier alpha value is -1.36. The third-order valence-electron chi connectivity index (χ3n) is 1.79. The van der Waals surface area contributed by atoms with Gasteiger partial charge in [-0.15, -0.1) is 0 Å². The number of H-pyrrole nitrogens is 1. The van der Waals surface area contributed by atoms with Crippen LogP contribution in [-0.2, 0) is 0 Å². The summed E-state index contributed by atoms with van der Waals surface area (Å²) in [5, 5.41) is 2.97. The number of nitrogens with zero attached hydrogens (tertiary/aromatic N) is 1. The van der Waals surface area contributed by atoms with E-state index in [4.69, 9.17) is 4.74 Å². The van der Waals surface area contributed by atoms with Crippen molar-refractivity contribution in [3.05, 3.63) is 22.2 Å². The predicted molar refractivity (Wildman–Crippen MR) is 48.9 cm³/mol. The van der Waals surface area contributed by atoms with Crippen molar-refractivity contribution in [1.29, 1.82) is 0 Å². The summed E-state index contributed by atoms with van der Waals surface area (Å²) in [5.74, 6) is 0.910. The molecule has 1 heterocycles. The monoisotopic (exact) mass is 183 g/mol. The van der Waals surface area contributed by atoms with E-state index in [-0.39, 0.29) is 11.6 Å². The van der Waals surface area contributed by atoms with E-state index in [1.165, 1.54) is 13.2 Å². The molecule has 0 spiro atoms. The number of aromatic nitrogens is 2. The van der Waals surface area contributed by atoms with Crippen LogP contribution in [-0.4, -0.2) is 24.1 Å². The van der Waals surface area contributed by atoms with Crippen LogP contribution in [0.5, 0.6) is 5.88 Å². The Morgan fingerprint density at radius 3 is 2.92 bits per heavy atom. The lowest BCUT2D eigenvalue weighted by molar-refractivity contribution is 0.391. The van der Waals surface area contributed by atoms with Crippen molar-refractivity contribution in [2.75, 3.05) is 14.2 Å². The normalized spacial score (nSPS) is 12.5. The fourth-order valence-corrected chi connectivity index (χ4v) is 0.900. The SMILES string of the molecule is CNC(C)c1nc(OC)cc(=O)[nH]1. The molecule has 0 bridgehead atoms. The highest BCUT2D eigenvalue weighted by Crippen LogP contribution is 2.07. The topological polar surface area (TPSA) is 67.0 Å². The largest absolute Gasteiger partial charge is 0.481 e. The van der Waals surface area contributed by atoms with Gasteiger partial charge in [-0.3, -0.25) is 4.79 Å². The Kier molecular flexibility index (Phi) is 3.02. The van der Waals surface area contributed by atoms with Crippen molar-refractivity contribution in [3.8, 4) is 5.88 Å². The first-order valence-electron chi connectivity index (χ1n) is 4.00. The van der Waals surface area contributed by atoms with Crippen molar-refractivity contribution in [1.82, 2.24) is 15.3 Å². The molecule has 0 aromatic carbocycles. The average Bonchev–Trinajstić information content (AvgIpc) is 2.15. The van der Waals surface area contributed by atoms with Crippen LogP contribution >= 0.6 is 0 Å². The van der Waals surface area contributed by atoms with Crippen molar-refractivity contribution >= 4 is 0 Å². The van der Waals surface area contributed by atoms with E-state index in [1.54, 1.807) is 7.05 Å². The highest BCUT2D eigenvalue weighted by atomic mass is 16.5. The van der Waals surface area contributed by atoms with Crippen LogP contribution in [0.2, 0.25) is 0 Å². The van der Waals surface area contributed by atoms with E-state index in [0.717, 1.165) is 0 Å². The molecule has 0 radical (unpaired) electrons. The van der Waals surface area contributed by atoms with Crippen molar-refractivity contribution in [2.45, 2.75) is 13.0 Å². The highest BCUT2D eigenvalue weighted by molar-refractivity contribution is 5.10. The number of aromatic amines is 1. The first-order valence-corrected chi connectivity index (χ1v) is 4.00. The van der Waals surface area contributed by atoms with Crippen LogP contribution in [0, 0.1) is 0 Å². The summed E-state index contributed by atoms with van der Waals surface area (Å²) in [6.45, 7) is 1.90. The number of nitrogens with one attached hydrogen (secondary N) is 2. The summed E-state index contributed by atoms with van der Waals surface area (Å²) in [6.07, 6.45) is 0. The molecule has 13 heavy (non-hydrogen) atoms. The molecular formula is C8H13N3O2. The second-order valence-corrected chi connectivity index (χ2v) is 2.68. The summed E-state index contributed by atoms with van der Waals surface area (Å²) < 4.78 is 4.87. The van der Waals surface area contributed by atoms with Gasteiger partial charge in [0.1, 0.15) is 5.82 Å². The van der Waals surface area contributed by atoms with Gasteiger partial charge in [0.15, 0.2) is 0 Å². The lowest BCUT2D eigenvalue weighted by atomic mass is 10.3. The summed E-state index contributed by atoms with van der Waals surface area (Å²) in [4.78, 5) is 17.8. The molecule has 0 amide bonds. The maximum absolute atomic E-state index is 11.1. The first kappa shape index (κ1) is 9.73. The molecule has 1 unspecified atom stereocenters. The Morgan fingerprint density at radius 1 is 1.69 bits per heavy atom. The zero-order valence-electron chi connectivity index (χ0n) is 7.92. The molecule has 5 nitrogen and oxygen atoms in total. The number of rotatable bonds is 3. The second kappa shape index (κ2) is 4.04. The fourth-order valence-electron chi connectivity index (χ4n) is 0.900. The van der Waals surface area contributed by atoms with Gasteiger partial charge in [-0.2, -0.15) is 4.98 Å². The van der Waals surface area contributed by atoms with Gasteiger partial charge in [0, 0.05) is 0 Å². The smallest absolute Gasteiger partial charge is 0.254 e. The third-order valence-corrected chi connectivity index (χ3v) is 1.79. The Morgan fingerprint density at radius 2 is 2.38 bits per heavy atom. The number of hydrogen-bond donors (Lipinski definition) is 2. The zero-order chi connectivity index (χ0) is 9.84. The maximum Gasteiger partial charge on any atom is 0.254 e. The number of methoxy groups -OCH3 is 1. The second-order valence-electron chi connectivity index (χ2n) is 2.68. The van der Waals surface area contributed by atoms with Gasteiger partial charge >= 0.3 is 0 Å². The molecule has 1 aromatic rings. The molecule has 0 fully saturated rings. The van der Waals surface area contributed by atoms with E-state index in [2.05, 4.69) is 15.3 Å². The Bertz CT molecular complexity index is 334. The predicted octanol–water partition coefficient (Wildman–Crippen LogP) is 0.0589. The van der Waals surface area contributed by atoms with Gasteiger partial charge in [-0.25, -0.2) is 0 Å². The molecule has 0 aliphatic heterocycles. The van der Waals surface area contributed by atoms with Crippen molar-refractivity contribution < 1.29 is 4.74 Å². The van der Waals surface area contributed by atoms with Gasteiger partial charge in [-0.05, 0) is 14.0 Å². The lowest BCUT2D eigenvalue weighted by Gasteiger charge is -2.09. The van der Waals surface area contributed by atoms with Gasteiger partial charge in [0.25, 0.3) is 5.56 Å². The molecule has 5 heteroatoms. The van der Waals surface area contributed by atoms with Gasteiger partial charge in [-0.1, -0.05) is 0 Å². The molecule has 1 aromatic heterocycles. The molecular weight excluding hydrogens is 170 g/mol. The molecule has 2 N–H and O–H groups in total. The van der Waals surface area contributed by atoms with Crippen LogP contribution in [0.15, 0.2) is 10.9 Å². The Balaban J connectivity index is 3.08. The van der Waals surface area contributed by atoms with Crippen LogP contribution < -0.4 is 15.6 Å². The van der Waals surface area contributed by atoms with Crippen LogP contribution in [0.4, 0.5) is 0 Å². The first-order chi connectivity index (χ1) is 6.17. The quantitative estimate of drug-likeness (QED) is 0.695. The lowest BCUT2D eigenvalue weighted by Crippen LogP contribution is -2.20. The molecule has 0 aliphatic rings.